The number of urea groups is 1. The molecule has 0 radical (unpaired) electrons. The SMILES string of the molecule is COc1cccc(NC(=O)NCC#CCOc2cccnc2)c1. The molecular formula is C17H17N3O3. The standard InChI is InChI=1S/C17H17N3O3/c1-22-15-7-4-6-14(12-15)20-17(21)19-10-2-3-11-23-16-8-5-9-18-13-16/h4-9,12-13H,10-11H2,1H3,(H2,19,20,21). The van der Waals surface area contributed by atoms with Crippen LogP contribution in [0.1, 0.15) is 0 Å². The zero-order valence-electron chi connectivity index (χ0n) is 12.7. The minimum absolute atomic E-state index is 0.228. The minimum atomic E-state index is -0.333. The van der Waals surface area contributed by atoms with Gasteiger partial charge >= 0.3 is 6.03 Å². The highest BCUT2D eigenvalue weighted by atomic mass is 16.5. The van der Waals surface area contributed by atoms with Crippen LogP contribution < -0.4 is 20.1 Å². The number of methoxy groups -OCH3 is 1. The van der Waals surface area contributed by atoms with Crippen molar-refractivity contribution in [2.45, 2.75) is 0 Å². The van der Waals surface area contributed by atoms with Crippen LogP contribution in [0.25, 0.3) is 0 Å². The van der Waals surface area contributed by atoms with Gasteiger partial charge in [-0.2, -0.15) is 0 Å². The molecule has 2 aromatic rings. The Balaban J connectivity index is 1.68. The molecule has 0 spiro atoms. The van der Waals surface area contributed by atoms with Gasteiger partial charge in [-0.3, -0.25) is 4.98 Å². The maximum atomic E-state index is 11.7. The molecule has 0 saturated carbocycles. The van der Waals surface area contributed by atoms with Crippen LogP contribution in [-0.4, -0.2) is 31.3 Å². The van der Waals surface area contributed by atoms with E-state index in [4.69, 9.17) is 9.47 Å². The molecular weight excluding hydrogens is 294 g/mol. The fourth-order valence-corrected chi connectivity index (χ4v) is 1.67. The number of nitrogens with zero attached hydrogens (tertiary/aromatic N) is 1. The van der Waals surface area contributed by atoms with Crippen LogP contribution in [0.2, 0.25) is 0 Å². The predicted molar refractivity (Wildman–Crippen MR) is 87.5 cm³/mol. The van der Waals surface area contributed by atoms with Crippen LogP contribution in [-0.2, 0) is 0 Å². The summed E-state index contributed by atoms with van der Waals surface area (Å²) in [7, 11) is 1.57. The number of benzene rings is 1. The lowest BCUT2D eigenvalue weighted by atomic mass is 10.3. The minimum Gasteiger partial charge on any atom is -0.497 e. The summed E-state index contributed by atoms with van der Waals surface area (Å²) in [5, 5.41) is 5.33. The molecule has 1 aromatic carbocycles. The molecule has 0 aliphatic heterocycles. The van der Waals surface area contributed by atoms with E-state index in [-0.39, 0.29) is 19.2 Å². The van der Waals surface area contributed by atoms with Crippen molar-refractivity contribution in [1.29, 1.82) is 0 Å². The Bertz CT molecular complexity index is 693. The first-order chi connectivity index (χ1) is 11.3. The first kappa shape index (κ1) is 16.2. The fourth-order valence-electron chi connectivity index (χ4n) is 1.67. The normalized spacial score (nSPS) is 9.26. The van der Waals surface area contributed by atoms with E-state index in [1.165, 1.54) is 0 Å². The van der Waals surface area contributed by atoms with Crippen LogP contribution in [0, 0.1) is 11.8 Å². The van der Waals surface area contributed by atoms with Gasteiger partial charge in [-0.1, -0.05) is 17.9 Å². The number of carbonyl (C=O) groups excluding carboxylic acids is 1. The molecule has 0 unspecified atom stereocenters. The third kappa shape index (κ3) is 5.98. The van der Waals surface area contributed by atoms with Gasteiger partial charge in [0, 0.05) is 18.0 Å². The van der Waals surface area contributed by atoms with E-state index in [9.17, 15) is 4.79 Å². The Hall–Kier alpha value is -3.20. The van der Waals surface area contributed by atoms with Gasteiger partial charge < -0.3 is 20.1 Å². The van der Waals surface area contributed by atoms with E-state index in [0.717, 1.165) is 0 Å². The highest BCUT2D eigenvalue weighted by Gasteiger charge is 2.00. The van der Waals surface area contributed by atoms with Crippen molar-refractivity contribution >= 4 is 11.7 Å². The molecule has 0 aliphatic carbocycles. The Labute approximate surface area is 134 Å². The summed E-state index contributed by atoms with van der Waals surface area (Å²) < 4.78 is 10.4. The van der Waals surface area contributed by atoms with Crippen molar-refractivity contribution in [3.8, 4) is 23.3 Å². The van der Waals surface area contributed by atoms with Crippen molar-refractivity contribution in [3.05, 3.63) is 48.8 Å². The van der Waals surface area contributed by atoms with Gasteiger partial charge in [0.05, 0.1) is 19.9 Å². The molecule has 0 fully saturated rings. The zero-order valence-corrected chi connectivity index (χ0v) is 12.7. The number of aromatic nitrogens is 1. The van der Waals surface area contributed by atoms with Gasteiger partial charge in [-0.05, 0) is 24.3 Å². The smallest absolute Gasteiger partial charge is 0.319 e. The zero-order chi connectivity index (χ0) is 16.3. The molecule has 2 rings (SSSR count). The van der Waals surface area contributed by atoms with Gasteiger partial charge in [-0.15, -0.1) is 0 Å². The second-order valence-corrected chi connectivity index (χ2v) is 4.37. The van der Waals surface area contributed by atoms with E-state index in [2.05, 4.69) is 27.5 Å². The van der Waals surface area contributed by atoms with Crippen LogP contribution in [0.15, 0.2) is 48.8 Å². The molecule has 6 nitrogen and oxygen atoms in total. The topological polar surface area (TPSA) is 72.5 Å². The monoisotopic (exact) mass is 311 g/mol. The van der Waals surface area contributed by atoms with Crippen molar-refractivity contribution in [1.82, 2.24) is 10.3 Å². The van der Waals surface area contributed by atoms with Crippen molar-refractivity contribution in [3.63, 3.8) is 0 Å². The lowest BCUT2D eigenvalue weighted by molar-refractivity contribution is 0.253. The highest BCUT2D eigenvalue weighted by molar-refractivity contribution is 5.89. The summed E-state index contributed by atoms with van der Waals surface area (Å²) in [5.41, 5.74) is 0.648. The number of hydrogen-bond donors (Lipinski definition) is 2. The number of nitrogens with one attached hydrogen (secondary N) is 2. The molecule has 1 aromatic heterocycles. The highest BCUT2D eigenvalue weighted by Crippen LogP contribution is 2.16. The van der Waals surface area contributed by atoms with Gasteiger partial charge in [0.15, 0.2) is 0 Å². The quantitative estimate of drug-likeness (QED) is 0.831. The Morgan fingerprint density at radius 3 is 2.87 bits per heavy atom. The summed E-state index contributed by atoms with van der Waals surface area (Å²) in [4.78, 5) is 15.6. The second-order valence-electron chi connectivity index (χ2n) is 4.37. The lowest BCUT2D eigenvalue weighted by Crippen LogP contribution is -2.28. The molecule has 23 heavy (non-hydrogen) atoms. The Morgan fingerprint density at radius 2 is 2.09 bits per heavy atom. The molecule has 6 heteroatoms. The third-order valence-corrected chi connectivity index (χ3v) is 2.74. The van der Waals surface area contributed by atoms with Crippen LogP contribution in [0.3, 0.4) is 0 Å². The maximum Gasteiger partial charge on any atom is 0.319 e. The largest absolute Gasteiger partial charge is 0.497 e. The number of hydrogen-bond acceptors (Lipinski definition) is 4. The van der Waals surface area contributed by atoms with Gasteiger partial charge in [0.2, 0.25) is 0 Å². The number of pyridine rings is 1. The molecule has 2 amide bonds. The summed E-state index contributed by atoms with van der Waals surface area (Å²) in [5.74, 6) is 6.95. The average molecular weight is 311 g/mol. The molecule has 2 N–H and O–H groups in total. The van der Waals surface area contributed by atoms with Crippen LogP contribution in [0.5, 0.6) is 11.5 Å². The third-order valence-electron chi connectivity index (χ3n) is 2.74. The molecule has 118 valence electrons. The van der Waals surface area contributed by atoms with Gasteiger partial charge in [0.25, 0.3) is 0 Å². The van der Waals surface area contributed by atoms with Crippen molar-refractivity contribution in [2.24, 2.45) is 0 Å². The van der Waals surface area contributed by atoms with Crippen molar-refractivity contribution in [2.75, 3.05) is 25.6 Å². The fraction of sp³-hybridized carbons (Fsp3) is 0.176. The van der Waals surface area contributed by atoms with Crippen LogP contribution in [0.4, 0.5) is 10.5 Å². The molecule has 0 atom stereocenters. The average Bonchev–Trinajstić information content (AvgIpc) is 2.59. The van der Waals surface area contributed by atoms with Crippen LogP contribution >= 0.6 is 0 Å². The summed E-state index contributed by atoms with van der Waals surface area (Å²) >= 11 is 0. The summed E-state index contributed by atoms with van der Waals surface area (Å²) in [6, 6.07) is 10.4. The molecule has 0 aliphatic rings. The number of rotatable bonds is 5. The van der Waals surface area contributed by atoms with E-state index >= 15 is 0 Å². The number of carbonyl (C=O) groups is 1. The van der Waals surface area contributed by atoms with E-state index in [1.54, 1.807) is 55.9 Å². The maximum absolute atomic E-state index is 11.7. The second kappa shape index (κ2) is 8.95. The van der Waals surface area contributed by atoms with Crippen molar-refractivity contribution < 1.29 is 14.3 Å². The van der Waals surface area contributed by atoms with E-state index in [0.29, 0.717) is 17.2 Å². The van der Waals surface area contributed by atoms with Gasteiger partial charge in [0.1, 0.15) is 18.1 Å². The first-order valence-corrected chi connectivity index (χ1v) is 6.95. The predicted octanol–water partition coefficient (Wildman–Crippen LogP) is 2.29. The Kier molecular flexibility index (Phi) is 6.29. The van der Waals surface area contributed by atoms with E-state index in [1.807, 2.05) is 0 Å². The molecule has 1 heterocycles. The first-order valence-electron chi connectivity index (χ1n) is 6.95. The summed E-state index contributed by atoms with van der Waals surface area (Å²) in [6.07, 6.45) is 3.28. The van der Waals surface area contributed by atoms with Gasteiger partial charge in [-0.25, -0.2) is 4.79 Å². The molecule has 0 saturated heterocycles. The lowest BCUT2D eigenvalue weighted by Gasteiger charge is -2.06. The number of ether oxygens (including phenoxy) is 2. The number of anilines is 1. The van der Waals surface area contributed by atoms with E-state index < -0.39 is 0 Å². The molecule has 0 bridgehead atoms. The Morgan fingerprint density at radius 1 is 1.22 bits per heavy atom. The number of amides is 2. The summed E-state index contributed by atoms with van der Waals surface area (Å²) in [6.45, 7) is 0.469.